The molecule has 0 radical (unpaired) electrons. The van der Waals surface area contributed by atoms with E-state index in [1.165, 1.54) is 29.7 Å². The summed E-state index contributed by atoms with van der Waals surface area (Å²) in [6, 6.07) is 8.62. The second-order valence-corrected chi connectivity index (χ2v) is 5.92. The second-order valence-electron chi connectivity index (χ2n) is 5.92. The van der Waals surface area contributed by atoms with Crippen molar-refractivity contribution < 1.29 is 0 Å². The molecule has 1 saturated heterocycles. The number of piperidine rings is 1. The Bertz CT molecular complexity index is 562. The van der Waals surface area contributed by atoms with E-state index in [0.717, 1.165) is 36.9 Å². The summed E-state index contributed by atoms with van der Waals surface area (Å²) in [5.41, 5.74) is 4.78. The van der Waals surface area contributed by atoms with Crippen molar-refractivity contribution in [3.05, 3.63) is 41.3 Å². The van der Waals surface area contributed by atoms with Crippen molar-refractivity contribution >= 4 is 0 Å². The lowest BCUT2D eigenvalue weighted by molar-refractivity contribution is 0.368. The maximum absolute atomic E-state index is 4.83. The summed E-state index contributed by atoms with van der Waals surface area (Å²) in [4.78, 5) is 8.30. The van der Waals surface area contributed by atoms with E-state index in [0.29, 0.717) is 0 Å². The number of hydrogen-bond acceptors (Lipinski definition) is 2. The predicted octanol–water partition coefficient (Wildman–Crippen LogP) is 3.24. The van der Waals surface area contributed by atoms with Gasteiger partial charge < -0.3 is 10.3 Å². The van der Waals surface area contributed by atoms with Crippen LogP contribution in [0.5, 0.6) is 0 Å². The van der Waals surface area contributed by atoms with Crippen molar-refractivity contribution in [2.45, 2.75) is 33.1 Å². The van der Waals surface area contributed by atoms with Gasteiger partial charge in [-0.25, -0.2) is 4.98 Å². The number of aromatic nitrogens is 2. The SMILES string of the molecule is Cc1ccc(-c2nc(CC3CCNCC3)[nH]c2C)cc1. The van der Waals surface area contributed by atoms with Gasteiger partial charge in [-0.05, 0) is 45.7 Å². The quantitative estimate of drug-likeness (QED) is 0.898. The number of hydrogen-bond donors (Lipinski definition) is 2. The number of aromatic amines is 1. The van der Waals surface area contributed by atoms with Gasteiger partial charge in [0.2, 0.25) is 0 Å². The molecule has 0 aliphatic carbocycles. The highest BCUT2D eigenvalue weighted by molar-refractivity contribution is 5.62. The molecule has 106 valence electrons. The summed E-state index contributed by atoms with van der Waals surface area (Å²) in [5, 5.41) is 3.42. The van der Waals surface area contributed by atoms with Gasteiger partial charge in [-0.1, -0.05) is 29.8 Å². The molecular weight excluding hydrogens is 246 g/mol. The summed E-state index contributed by atoms with van der Waals surface area (Å²) in [7, 11) is 0. The van der Waals surface area contributed by atoms with Crippen LogP contribution in [0.4, 0.5) is 0 Å². The summed E-state index contributed by atoms with van der Waals surface area (Å²) in [6.45, 7) is 6.53. The predicted molar refractivity (Wildman–Crippen MR) is 82.8 cm³/mol. The third-order valence-corrected chi connectivity index (χ3v) is 4.20. The van der Waals surface area contributed by atoms with E-state index in [4.69, 9.17) is 4.98 Å². The molecule has 0 saturated carbocycles. The number of H-pyrrole nitrogens is 1. The minimum absolute atomic E-state index is 0.771. The van der Waals surface area contributed by atoms with Crippen molar-refractivity contribution in [3.63, 3.8) is 0 Å². The van der Waals surface area contributed by atoms with Crippen LogP contribution in [-0.4, -0.2) is 23.1 Å². The van der Waals surface area contributed by atoms with Crippen molar-refractivity contribution in [1.29, 1.82) is 0 Å². The highest BCUT2D eigenvalue weighted by Gasteiger charge is 2.16. The Hall–Kier alpha value is -1.61. The van der Waals surface area contributed by atoms with E-state index in [1.807, 2.05) is 0 Å². The molecule has 1 fully saturated rings. The maximum Gasteiger partial charge on any atom is 0.107 e. The average Bonchev–Trinajstić information content (AvgIpc) is 2.81. The van der Waals surface area contributed by atoms with E-state index in [2.05, 4.69) is 48.4 Å². The normalized spacial score (nSPS) is 16.5. The summed E-state index contributed by atoms with van der Waals surface area (Å²) in [5.74, 6) is 1.91. The molecule has 3 nitrogen and oxygen atoms in total. The van der Waals surface area contributed by atoms with Gasteiger partial charge >= 0.3 is 0 Å². The molecular formula is C17H23N3. The van der Waals surface area contributed by atoms with Crippen LogP contribution in [0, 0.1) is 19.8 Å². The number of nitrogens with zero attached hydrogens (tertiary/aromatic N) is 1. The first kappa shape index (κ1) is 13.4. The fraction of sp³-hybridized carbons (Fsp3) is 0.471. The number of benzene rings is 1. The first-order valence-electron chi connectivity index (χ1n) is 7.55. The van der Waals surface area contributed by atoms with E-state index in [-0.39, 0.29) is 0 Å². The second kappa shape index (κ2) is 5.80. The molecule has 3 rings (SSSR count). The van der Waals surface area contributed by atoms with Crippen molar-refractivity contribution in [2.24, 2.45) is 5.92 Å². The molecule has 1 aromatic carbocycles. The number of rotatable bonds is 3. The first-order valence-corrected chi connectivity index (χ1v) is 7.55. The molecule has 3 heteroatoms. The van der Waals surface area contributed by atoms with Crippen LogP contribution in [-0.2, 0) is 6.42 Å². The Morgan fingerprint density at radius 3 is 2.50 bits per heavy atom. The monoisotopic (exact) mass is 269 g/mol. The van der Waals surface area contributed by atoms with Crippen molar-refractivity contribution in [2.75, 3.05) is 13.1 Å². The van der Waals surface area contributed by atoms with Gasteiger partial charge in [-0.15, -0.1) is 0 Å². The first-order chi connectivity index (χ1) is 9.72. The molecule has 1 aliphatic heterocycles. The zero-order valence-corrected chi connectivity index (χ0v) is 12.4. The number of aryl methyl sites for hydroxylation is 2. The molecule has 20 heavy (non-hydrogen) atoms. The minimum atomic E-state index is 0.771. The molecule has 0 bridgehead atoms. The molecule has 0 atom stereocenters. The average molecular weight is 269 g/mol. The smallest absolute Gasteiger partial charge is 0.107 e. The van der Waals surface area contributed by atoms with Crippen molar-refractivity contribution in [1.82, 2.24) is 15.3 Å². The molecule has 1 aromatic heterocycles. The summed E-state index contributed by atoms with van der Waals surface area (Å²) < 4.78 is 0. The Morgan fingerprint density at radius 1 is 1.10 bits per heavy atom. The number of imidazole rings is 1. The standard InChI is InChI=1S/C17H23N3/c1-12-3-5-15(6-4-12)17-13(2)19-16(20-17)11-14-7-9-18-10-8-14/h3-6,14,18H,7-11H2,1-2H3,(H,19,20). The molecule has 2 heterocycles. The molecule has 1 aliphatic rings. The number of nitrogens with one attached hydrogen (secondary N) is 2. The largest absolute Gasteiger partial charge is 0.346 e. The lowest BCUT2D eigenvalue weighted by atomic mass is 9.94. The van der Waals surface area contributed by atoms with E-state index >= 15 is 0 Å². The highest BCUT2D eigenvalue weighted by atomic mass is 14.9. The van der Waals surface area contributed by atoms with Crippen LogP contribution in [0.3, 0.4) is 0 Å². The third-order valence-electron chi connectivity index (χ3n) is 4.20. The van der Waals surface area contributed by atoms with Crippen molar-refractivity contribution in [3.8, 4) is 11.3 Å². The van der Waals surface area contributed by atoms with E-state index in [1.54, 1.807) is 0 Å². The Kier molecular flexibility index (Phi) is 3.88. The molecule has 0 spiro atoms. The van der Waals surface area contributed by atoms with Gasteiger partial charge in [0, 0.05) is 17.7 Å². The molecule has 0 unspecified atom stereocenters. The van der Waals surface area contributed by atoms with Crippen LogP contribution in [0.1, 0.15) is 29.9 Å². The van der Waals surface area contributed by atoms with E-state index < -0.39 is 0 Å². The lowest BCUT2D eigenvalue weighted by Crippen LogP contribution is -2.28. The topological polar surface area (TPSA) is 40.7 Å². The Morgan fingerprint density at radius 2 is 1.80 bits per heavy atom. The summed E-state index contributed by atoms with van der Waals surface area (Å²) in [6.07, 6.45) is 3.60. The summed E-state index contributed by atoms with van der Waals surface area (Å²) >= 11 is 0. The van der Waals surface area contributed by atoms with Crippen LogP contribution >= 0.6 is 0 Å². The van der Waals surface area contributed by atoms with Gasteiger partial charge in [0.15, 0.2) is 0 Å². The maximum atomic E-state index is 4.83. The van der Waals surface area contributed by atoms with Crippen LogP contribution in [0.25, 0.3) is 11.3 Å². The fourth-order valence-corrected chi connectivity index (χ4v) is 2.97. The van der Waals surface area contributed by atoms with Gasteiger partial charge in [0.25, 0.3) is 0 Å². The lowest BCUT2D eigenvalue weighted by Gasteiger charge is -2.21. The fourth-order valence-electron chi connectivity index (χ4n) is 2.97. The zero-order valence-electron chi connectivity index (χ0n) is 12.4. The van der Waals surface area contributed by atoms with Crippen LogP contribution < -0.4 is 5.32 Å². The molecule has 2 aromatic rings. The van der Waals surface area contributed by atoms with Gasteiger partial charge in [-0.2, -0.15) is 0 Å². The Balaban J connectivity index is 1.78. The van der Waals surface area contributed by atoms with Gasteiger partial charge in [0.1, 0.15) is 5.82 Å². The minimum Gasteiger partial charge on any atom is -0.346 e. The van der Waals surface area contributed by atoms with Gasteiger partial charge in [-0.3, -0.25) is 0 Å². The van der Waals surface area contributed by atoms with Gasteiger partial charge in [0.05, 0.1) is 5.69 Å². The Labute approximate surface area is 120 Å². The highest BCUT2D eigenvalue weighted by Crippen LogP contribution is 2.24. The molecule has 2 N–H and O–H groups in total. The molecule has 0 amide bonds. The zero-order chi connectivity index (χ0) is 13.9. The van der Waals surface area contributed by atoms with E-state index in [9.17, 15) is 0 Å². The third kappa shape index (κ3) is 2.93. The van der Waals surface area contributed by atoms with Crippen LogP contribution in [0.15, 0.2) is 24.3 Å². The van der Waals surface area contributed by atoms with Crippen LogP contribution in [0.2, 0.25) is 0 Å².